The molecule has 0 atom stereocenters. The Hall–Kier alpha value is 0.0500. The zero-order valence-electron chi connectivity index (χ0n) is 8.54. The van der Waals surface area contributed by atoms with Crippen molar-refractivity contribution in [3.63, 3.8) is 0 Å². The minimum atomic E-state index is 0. The second-order valence-corrected chi connectivity index (χ2v) is 4.09. The summed E-state index contributed by atoms with van der Waals surface area (Å²) in [7, 11) is 0. The van der Waals surface area contributed by atoms with Crippen LogP contribution in [-0.2, 0) is 0 Å². The maximum atomic E-state index is 5.55. The van der Waals surface area contributed by atoms with Gasteiger partial charge in [0.25, 0.3) is 0 Å². The molecule has 1 saturated carbocycles. The fourth-order valence-corrected chi connectivity index (χ4v) is 1.92. The van der Waals surface area contributed by atoms with Gasteiger partial charge in [0.1, 0.15) is 5.84 Å². The van der Waals surface area contributed by atoms with Crippen LogP contribution in [0.4, 0.5) is 0 Å². The van der Waals surface area contributed by atoms with Gasteiger partial charge in [-0.1, -0.05) is 25.7 Å². The number of nitrogens with two attached hydrogens (primary N) is 1. The first kappa shape index (κ1) is 14.1. The first-order valence-corrected chi connectivity index (χ1v) is 5.71. The molecule has 0 aromatic rings. The normalized spacial score (nSPS) is 19.9. The molecule has 0 amide bonds. The highest BCUT2D eigenvalue weighted by molar-refractivity contribution is 6.27. The third-order valence-corrected chi connectivity index (χ3v) is 2.94. The Morgan fingerprint density at radius 2 is 1.79 bits per heavy atom. The highest BCUT2D eigenvalue weighted by Gasteiger charge is 2.11. The molecule has 14 heavy (non-hydrogen) atoms. The molecule has 0 heterocycles. The second kappa shape index (κ2) is 8.37. The average Bonchev–Trinajstić information content (AvgIpc) is 2.42. The largest absolute Gasteiger partial charge is 0.386 e. The smallest absolute Gasteiger partial charge is 0.109 e. The summed E-state index contributed by atoms with van der Waals surface area (Å²) >= 11 is 5.55. The summed E-state index contributed by atoms with van der Waals surface area (Å²) in [5, 5.41) is 0. The molecule has 2 N–H and O–H groups in total. The standard InChI is InChI=1S/C10H19ClN2.ClH/c11-7-10(12)13-8-9-5-3-1-2-4-6-9;/h9H,1-8H2,(H2,12,13);1H. The predicted molar refractivity (Wildman–Crippen MR) is 65.6 cm³/mol. The van der Waals surface area contributed by atoms with E-state index in [1.54, 1.807) is 0 Å². The maximum Gasteiger partial charge on any atom is 0.109 e. The molecule has 0 saturated heterocycles. The molecule has 1 rings (SSSR count). The molecule has 0 aromatic heterocycles. The van der Waals surface area contributed by atoms with Crippen LogP contribution >= 0.6 is 24.0 Å². The van der Waals surface area contributed by atoms with Crippen molar-refractivity contribution >= 4 is 29.8 Å². The topological polar surface area (TPSA) is 38.4 Å². The molecular weight excluding hydrogens is 219 g/mol. The number of nitrogens with zero attached hydrogens (tertiary/aromatic N) is 1. The van der Waals surface area contributed by atoms with Crippen LogP contribution in [0.1, 0.15) is 38.5 Å². The van der Waals surface area contributed by atoms with Crippen LogP contribution in [0.25, 0.3) is 0 Å². The van der Waals surface area contributed by atoms with Crippen molar-refractivity contribution < 1.29 is 0 Å². The van der Waals surface area contributed by atoms with Crippen LogP contribution < -0.4 is 5.73 Å². The maximum absolute atomic E-state index is 5.55. The summed E-state index contributed by atoms with van der Waals surface area (Å²) in [5.74, 6) is 1.71. The number of amidine groups is 1. The summed E-state index contributed by atoms with van der Waals surface area (Å²) in [6.45, 7) is 0.887. The SMILES string of the molecule is Cl.NC(CCl)=NCC1CCCCCC1. The zero-order valence-corrected chi connectivity index (χ0v) is 10.1. The van der Waals surface area contributed by atoms with E-state index < -0.39 is 0 Å². The quantitative estimate of drug-likeness (QED) is 0.349. The summed E-state index contributed by atoms with van der Waals surface area (Å²) in [6.07, 6.45) is 8.15. The molecular formula is C10H20Cl2N2. The van der Waals surface area contributed by atoms with Gasteiger partial charge in [0.2, 0.25) is 0 Å². The Bertz CT molecular complexity index is 164. The number of halogens is 2. The van der Waals surface area contributed by atoms with Gasteiger partial charge in [0, 0.05) is 6.54 Å². The van der Waals surface area contributed by atoms with Gasteiger partial charge in [-0.2, -0.15) is 0 Å². The van der Waals surface area contributed by atoms with E-state index >= 15 is 0 Å². The average molecular weight is 239 g/mol. The third-order valence-electron chi connectivity index (χ3n) is 2.66. The van der Waals surface area contributed by atoms with Crippen molar-refractivity contribution in [3.05, 3.63) is 0 Å². The molecule has 1 aliphatic carbocycles. The Morgan fingerprint density at radius 1 is 1.21 bits per heavy atom. The molecule has 1 aliphatic rings. The van der Waals surface area contributed by atoms with Crippen LogP contribution in [-0.4, -0.2) is 18.3 Å². The minimum absolute atomic E-state index is 0. The Labute approximate surface area is 97.7 Å². The predicted octanol–water partition coefficient (Wildman–Crippen LogP) is 2.97. The molecule has 84 valence electrons. The highest BCUT2D eigenvalue weighted by atomic mass is 35.5. The number of hydrogen-bond acceptors (Lipinski definition) is 1. The second-order valence-electron chi connectivity index (χ2n) is 3.82. The summed E-state index contributed by atoms with van der Waals surface area (Å²) in [5.41, 5.74) is 5.55. The molecule has 0 unspecified atom stereocenters. The van der Waals surface area contributed by atoms with Crippen molar-refractivity contribution in [3.8, 4) is 0 Å². The fraction of sp³-hybridized carbons (Fsp3) is 0.900. The Balaban J connectivity index is 0.00000169. The van der Waals surface area contributed by atoms with Crippen LogP contribution in [0.2, 0.25) is 0 Å². The lowest BCUT2D eigenvalue weighted by atomic mass is 10.0. The molecule has 0 bridgehead atoms. The lowest BCUT2D eigenvalue weighted by Crippen LogP contribution is -2.16. The molecule has 2 nitrogen and oxygen atoms in total. The number of alkyl halides is 1. The molecule has 0 aromatic carbocycles. The highest BCUT2D eigenvalue weighted by Crippen LogP contribution is 2.22. The summed E-state index contributed by atoms with van der Waals surface area (Å²) < 4.78 is 0. The van der Waals surface area contributed by atoms with E-state index in [9.17, 15) is 0 Å². The zero-order chi connectivity index (χ0) is 9.52. The van der Waals surface area contributed by atoms with Crippen molar-refractivity contribution in [1.82, 2.24) is 0 Å². The van der Waals surface area contributed by atoms with Gasteiger partial charge in [-0.25, -0.2) is 0 Å². The summed E-state index contributed by atoms with van der Waals surface area (Å²) in [6, 6.07) is 0. The van der Waals surface area contributed by atoms with E-state index in [1.807, 2.05) is 0 Å². The van der Waals surface area contributed by atoms with Crippen LogP contribution in [0, 0.1) is 5.92 Å². The Kier molecular flexibility index (Phi) is 8.40. The monoisotopic (exact) mass is 238 g/mol. The summed E-state index contributed by atoms with van der Waals surface area (Å²) in [4.78, 5) is 4.27. The van der Waals surface area contributed by atoms with Gasteiger partial charge in [-0.05, 0) is 18.8 Å². The lowest BCUT2D eigenvalue weighted by molar-refractivity contribution is 0.472. The molecule has 1 fully saturated rings. The first-order valence-electron chi connectivity index (χ1n) is 5.17. The number of rotatable bonds is 3. The van der Waals surface area contributed by atoms with Crippen molar-refractivity contribution in [2.45, 2.75) is 38.5 Å². The van der Waals surface area contributed by atoms with E-state index in [2.05, 4.69) is 4.99 Å². The van der Waals surface area contributed by atoms with Gasteiger partial charge >= 0.3 is 0 Å². The lowest BCUT2D eigenvalue weighted by Gasteiger charge is -2.10. The fourth-order valence-electron chi connectivity index (χ4n) is 1.84. The van der Waals surface area contributed by atoms with E-state index in [1.165, 1.54) is 38.5 Å². The minimum Gasteiger partial charge on any atom is -0.386 e. The van der Waals surface area contributed by atoms with Crippen molar-refractivity contribution in [2.24, 2.45) is 16.6 Å². The van der Waals surface area contributed by atoms with Gasteiger partial charge < -0.3 is 5.73 Å². The van der Waals surface area contributed by atoms with Crippen LogP contribution in [0.15, 0.2) is 4.99 Å². The van der Waals surface area contributed by atoms with Crippen molar-refractivity contribution in [2.75, 3.05) is 12.4 Å². The van der Waals surface area contributed by atoms with Gasteiger partial charge in [0.15, 0.2) is 0 Å². The molecule has 0 aliphatic heterocycles. The first-order chi connectivity index (χ1) is 6.33. The molecule has 0 spiro atoms. The van der Waals surface area contributed by atoms with Crippen LogP contribution in [0.3, 0.4) is 0 Å². The molecule has 4 heteroatoms. The van der Waals surface area contributed by atoms with Crippen molar-refractivity contribution in [1.29, 1.82) is 0 Å². The van der Waals surface area contributed by atoms with Gasteiger partial charge in [0.05, 0.1) is 5.88 Å². The van der Waals surface area contributed by atoms with Gasteiger partial charge in [-0.3, -0.25) is 4.99 Å². The molecule has 0 radical (unpaired) electrons. The number of hydrogen-bond donors (Lipinski definition) is 1. The number of aliphatic imine (C=N–C) groups is 1. The van der Waals surface area contributed by atoms with Gasteiger partial charge in [-0.15, -0.1) is 24.0 Å². The van der Waals surface area contributed by atoms with E-state index in [4.69, 9.17) is 17.3 Å². The van der Waals surface area contributed by atoms with E-state index in [0.29, 0.717) is 11.7 Å². The Morgan fingerprint density at radius 3 is 2.29 bits per heavy atom. The van der Waals surface area contributed by atoms with Crippen LogP contribution in [0.5, 0.6) is 0 Å². The third kappa shape index (κ3) is 5.71. The van der Waals surface area contributed by atoms with E-state index in [0.717, 1.165) is 12.5 Å². The van der Waals surface area contributed by atoms with E-state index in [-0.39, 0.29) is 12.4 Å².